The molecule has 0 aromatic carbocycles. The first-order valence-corrected chi connectivity index (χ1v) is 4.05. The fourth-order valence-electron chi connectivity index (χ4n) is 0.330. The lowest BCUT2D eigenvalue weighted by atomic mass is 10.4. The summed E-state index contributed by atoms with van der Waals surface area (Å²) >= 11 is 0. The fourth-order valence-corrected chi connectivity index (χ4v) is 0.912. The molecule has 1 aliphatic rings. The topological polar surface area (TPSA) is 91.3 Å². The highest BCUT2D eigenvalue weighted by Gasteiger charge is 2.41. The molecule has 11 heavy (non-hydrogen) atoms. The Labute approximate surface area is 61.3 Å². The normalized spacial score (nSPS) is 23.7. The highest BCUT2D eigenvalue weighted by Crippen LogP contribution is 2.57. The molecule has 8 heteroatoms. The van der Waals surface area contributed by atoms with Crippen LogP contribution in [0.4, 0.5) is 0 Å². The predicted molar refractivity (Wildman–Crippen MR) is 28.9 cm³/mol. The summed E-state index contributed by atoms with van der Waals surface area (Å²) in [5.41, 5.74) is 0. The maximum absolute atomic E-state index is 10.7. The van der Waals surface area contributed by atoms with Gasteiger partial charge in [0, 0.05) is 0 Å². The number of rotatable bonds is 4. The van der Waals surface area contributed by atoms with Crippen LogP contribution in [0.25, 0.3) is 0 Å². The Kier molecular flexibility index (Phi) is 2.72. The van der Waals surface area contributed by atoms with Crippen LogP contribution in [0.3, 0.4) is 0 Å². The Morgan fingerprint density at radius 3 is 2.64 bits per heavy atom. The molecule has 0 spiro atoms. The van der Waals surface area contributed by atoms with Crippen molar-refractivity contribution in [2.75, 3.05) is 6.61 Å². The zero-order valence-corrected chi connectivity index (χ0v) is 6.10. The molecule has 0 aromatic rings. The van der Waals surface area contributed by atoms with Crippen molar-refractivity contribution in [3.8, 4) is 0 Å². The van der Waals surface area contributed by atoms with E-state index in [0.29, 0.717) is 0 Å². The second-order valence-corrected chi connectivity index (χ2v) is 3.11. The van der Waals surface area contributed by atoms with E-state index in [0.717, 1.165) is 0 Å². The summed E-state index contributed by atoms with van der Waals surface area (Å²) < 4.78 is 22.8. The number of aliphatic hydroxyl groups is 1. The average Bonchev–Trinajstić information content (AvgIpc) is 1.96. The van der Waals surface area contributed by atoms with Crippen molar-refractivity contribution in [1.82, 2.24) is 0 Å². The van der Waals surface area contributed by atoms with Crippen molar-refractivity contribution in [1.29, 1.82) is 0 Å². The highest BCUT2D eigenvalue weighted by molar-refractivity contribution is 7.48. The lowest BCUT2D eigenvalue weighted by Crippen LogP contribution is -2.19. The molecular formula is C3H5O7P. The van der Waals surface area contributed by atoms with E-state index in [1.54, 1.807) is 0 Å². The van der Waals surface area contributed by atoms with Crippen molar-refractivity contribution in [2.24, 2.45) is 0 Å². The standard InChI is InChI=1S/C3H5O7P/c4-1-3(5)2-7-11(6)9-8-10-11/h1,3,5H,2H2. The number of hydrogen-bond acceptors (Lipinski definition) is 7. The molecule has 0 radical (unpaired) electrons. The summed E-state index contributed by atoms with van der Waals surface area (Å²) in [4.78, 5) is 9.80. The van der Waals surface area contributed by atoms with Crippen LogP contribution >= 0.6 is 7.82 Å². The highest BCUT2D eigenvalue weighted by atomic mass is 31.2. The second kappa shape index (κ2) is 3.40. The number of aldehydes is 1. The van der Waals surface area contributed by atoms with E-state index in [-0.39, 0.29) is 6.29 Å². The molecule has 64 valence electrons. The maximum Gasteiger partial charge on any atom is 0.534 e. The first-order valence-electron chi connectivity index (χ1n) is 2.59. The molecule has 0 aromatic heterocycles. The molecule has 1 atom stereocenters. The third-order valence-corrected chi connectivity index (χ3v) is 1.76. The third kappa shape index (κ3) is 2.33. The summed E-state index contributed by atoms with van der Waals surface area (Å²) in [7, 11) is -3.60. The van der Waals surface area contributed by atoms with Crippen LogP contribution in [0.5, 0.6) is 0 Å². The van der Waals surface area contributed by atoms with Gasteiger partial charge in [-0.2, -0.15) is 0 Å². The van der Waals surface area contributed by atoms with Gasteiger partial charge in [0.05, 0.1) is 6.61 Å². The maximum atomic E-state index is 10.7. The average molecular weight is 184 g/mol. The van der Waals surface area contributed by atoms with Crippen LogP contribution in [0.2, 0.25) is 0 Å². The molecule has 1 saturated heterocycles. The van der Waals surface area contributed by atoms with E-state index >= 15 is 0 Å². The minimum atomic E-state index is -3.60. The minimum Gasteiger partial charge on any atom is -0.383 e. The lowest BCUT2D eigenvalue weighted by Gasteiger charge is -2.20. The van der Waals surface area contributed by atoms with Crippen LogP contribution < -0.4 is 0 Å². The van der Waals surface area contributed by atoms with E-state index < -0.39 is 20.5 Å². The molecule has 1 fully saturated rings. The molecule has 1 rings (SSSR count). The Morgan fingerprint density at radius 2 is 2.27 bits per heavy atom. The van der Waals surface area contributed by atoms with Gasteiger partial charge in [-0.05, 0) is 5.04 Å². The number of hydrogen-bond donors (Lipinski definition) is 1. The predicted octanol–water partition coefficient (Wildman–Crippen LogP) is -0.436. The largest absolute Gasteiger partial charge is 0.534 e. The Bertz CT molecular complexity index is 182. The van der Waals surface area contributed by atoms with Gasteiger partial charge >= 0.3 is 7.82 Å². The van der Waals surface area contributed by atoms with E-state index in [4.69, 9.17) is 5.11 Å². The van der Waals surface area contributed by atoms with E-state index in [9.17, 15) is 9.36 Å². The quantitative estimate of drug-likeness (QED) is 0.359. The Hall–Kier alpha value is -0.300. The summed E-state index contributed by atoms with van der Waals surface area (Å²) in [6.07, 6.45) is -1.11. The van der Waals surface area contributed by atoms with Crippen LogP contribution in [-0.2, 0) is 28.3 Å². The summed E-state index contributed by atoms with van der Waals surface area (Å²) in [5.74, 6) is 0. The number of aliphatic hydroxyl groups excluding tert-OH is 1. The van der Waals surface area contributed by atoms with Crippen LogP contribution in [0, 0.1) is 0 Å². The smallest absolute Gasteiger partial charge is 0.383 e. The molecule has 1 N–H and O–H groups in total. The molecule has 0 amide bonds. The van der Waals surface area contributed by atoms with Gasteiger partial charge in [0.1, 0.15) is 6.10 Å². The Balaban J connectivity index is 2.21. The molecule has 1 unspecified atom stereocenters. The molecule has 1 heterocycles. The van der Waals surface area contributed by atoms with E-state index in [1.807, 2.05) is 0 Å². The van der Waals surface area contributed by atoms with Crippen LogP contribution in [0.1, 0.15) is 0 Å². The number of carbonyl (C=O) groups excluding carboxylic acids is 1. The first-order chi connectivity index (χ1) is 5.16. The monoisotopic (exact) mass is 184 g/mol. The molecule has 1 aliphatic heterocycles. The SMILES string of the molecule is O=CC(O)COP1(=O)OOO1. The van der Waals surface area contributed by atoms with Crippen molar-refractivity contribution in [3.63, 3.8) is 0 Å². The molecule has 0 bridgehead atoms. The Morgan fingerprint density at radius 1 is 1.64 bits per heavy atom. The molecule has 7 nitrogen and oxygen atoms in total. The van der Waals surface area contributed by atoms with Gasteiger partial charge in [0.15, 0.2) is 6.29 Å². The summed E-state index contributed by atoms with van der Waals surface area (Å²) in [6, 6.07) is 0. The van der Waals surface area contributed by atoms with Crippen molar-refractivity contribution in [3.05, 3.63) is 0 Å². The van der Waals surface area contributed by atoms with Gasteiger partial charge in [0.2, 0.25) is 0 Å². The lowest BCUT2D eigenvalue weighted by molar-refractivity contribution is -0.499. The van der Waals surface area contributed by atoms with Gasteiger partial charge in [0.25, 0.3) is 0 Å². The van der Waals surface area contributed by atoms with Gasteiger partial charge in [-0.15, -0.1) is 0 Å². The van der Waals surface area contributed by atoms with Crippen LogP contribution in [-0.4, -0.2) is 24.1 Å². The minimum absolute atomic E-state index is 0.229. The van der Waals surface area contributed by atoms with Crippen molar-refractivity contribution in [2.45, 2.75) is 6.10 Å². The molecule has 0 saturated carbocycles. The van der Waals surface area contributed by atoms with Crippen LogP contribution in [0.15, 0.2) is 0 Å². The van der Waals surface area contributed by atoms with Gasteiger partial charge < -0.3 is 9.90 Å². The second-order valence-electron chi connectivity index (χ2n) is 1.66. The van der Waals surface area contributed by atoms with E-state index in [2.05, 4.69) is 18.9 Å². The van der Waals surface area contributed by atoms with Gasteiger partial charge in [-0.1, -0.05) is 9.35 Å². The summed E-state index contributed by atoms with van der Waals surface area (Å²) in [6.45, 7) is -0.454. The zero-order valence-electron chi connectivity index (χ0n) is 5.21. The molecule has 0 aliphatic carbocycles. The van der Waals surface area contributed by atoms with Crippen molar-refractivity contribution < 1.29 is 33.4 Å². The van der Waals surface area contributed by atoms with E-state index in [1.165, 1.54) is 0 Å². The van der Waals surface area contributed by atoms with Gasteiger partial charge in [-0.25, -0.2) is 4.57 Å². The van der Waals surface area contributed by atoms with Gasteiger partial charge in [-0.3, -0.25) is 4.52 Å². The summed E-state index contributed by atoms with van der Waals surface area (Å²) in [5, 5.41) is 12.2. The third-order valence-electron chi connectivity index (χ3n) is 0.804. The first kappa shape index (κ1) is 8.79. The molecular weight excluding hydrogens is 179 g/mol. The zero-order chi connectivity index (χ0) is 8.32. The number of phosphoric acid groups is 1. The van der Waals surface area contributed by atoms with Crippen molar-refractivity contribution >= 4 is 14.1 Å². The fraction of sp³-hybridized carbons (Fsp3) is 0.667. The number of carbonyl (C=O) groups is 1.